The van der Waals surface area contributed by atoms with Gasteiger partial charge >= 0.3 is 0 Å². The fraction of sp³-hybridized carbons (Fsp3) is 0.423. The van der Waals surface area contributed by atoms with E-state index in [2.05, 4.69) is 119 Å². The second-order valence-corrected chi connectivity index (χ2v) is 22.4. The highest BCUT2D eigenvalue weighted by molar-refractivity contribution is 7.89. The second-order valence-electron chi connectivity index (χ2n) is 20.5. The summed E-state index contributed by atoms with van der Waals surface area (Å²) in [6.45, 7) is 30.4. The smallest absolute Gasteiger partial charge is 0.243 e. The lowest BCUT2D eigenvalue weighted by Crippen LogP contribution is -2.17. The van der Waals surface area contributed by atoms with Crippen molar-refractivity contribution in [1.82, 2.24) is 4.31 Å². The molecule has 1 saturated heterocycles. The van der Waals surface area contributed by atoms with Crippen molar-refractivity contribution in [2.45, 2.75) is 142 Å². The summed E-state index contributed by atoms with van der Waals surface area (Å²) in [6.07, 6.45) is 0. The van der Waals surface area contributed by atoms with E-state index < -0.39 is 10.0 Å². The minimum Gasteiger partial charge on any atom is -0.489 e. The first kappa shape index (κ1) is 44.0. The lowest BCUT2D eigenvalue weighted by molar-refractivity contribution is 0.281. The van der Waals surface area contributed by atoms with Crippen molar-refractivity contribution >= 4 is 10.0 Å². The summed E-state index contributed by atoms with van der Waals surface area (Å²) >= 11 is 0. The number of rotatable bonds is 12. The molecular weight excluding hydrogens is 751 g/mol. The van der Waals surface area contributed by atoms with Gasteiger partial charge in [0.1, 0.15) is 37.1 Å². The van der Waals surface area contributed by atoms with Crippen LogP contribution in [0.25, 0.3) is 0 Å². The molecule has 1 heterocycles. The maximum atomic E-state index is 13.3. The Morgan fingerprint density at radius 1 is 0.508 bits per heavy atom. The molecular formula is C52H65NO5S. The Hall–Kier alpha value is -4.59. The van der Waals surface area contributed by atoms with Crippen molar-refractivity contribution in [1.29, 1.82) is 0 Å². The number of hydrogen-bond acceptors (Lipinski definition) is 5. The lowest BCUT2D eigenvalue weighted by atomic mass is 9.79. The Kier molecular flexibility index (Phi) is 12.3. The van der Waals surface area contributed by atoms with Gasteiger partial charge in [-0.1, -0.05) is 149 Å². The van der Waals surface area contributed by atoms with Gasteiger partial charge in [0.15, 0.2) is 0 Å². The zero-order valence-corrected chi connectivity index (χ0v) is 38.4. The van der Waals surface area contributed by atoms with Crippen LogP contribution in [0.2, 0.25) is 0 Å². The molecule has 5 aromatic rings. The van der Waals surface area contributed by atoms with E-state index in [1.165, 1.54) is 26.6 Å². The molecule has 1 aliphatic heterocycles. The van der Waals surface area contributed by atoms with E-state index in [4.69, 9.17) is 14.2 Å². The normalized spacial score (nSPS) is 16.2. The molecule has 0 bridgehead atoms. The topological polar surface area (TPSA) is 64.8 Å². The summed E-state index contributed by atoms with van der Waals surface area (Å²) in [5, 5.41) is 0. The molecule has 0 saturated carbocycles. The first-order valence-corrected chi connectivity index (χ1v) is 22.3. The minimum atomic E-state index is -3.58. The third-order valence-corrected chi connectivity index (χ3v) is 12.9. The predicted molar refractivity (Wildman–Crippen MR) is 241 cm³/mol. The fourth-order valence-electron chi connectivity index (χ4n) is 6.98. The highest BCUT2D eigenvalue weighted by Gasteiger charge is 2.45. The standard InChI is InChI=1S/C52H65NO5S/c1-35-17-19-47(20-18-35)59(54,55)53-31-48(53)39-15-14-16-44(27-39)56-34-38-25-45(57-32-36-21-40(49(2,3)4)28-41(22-36)50(5,6)7)30-46(26-38)58-33-37-23-42(51(8,9)10)29-43(24-37)52(11,12)13/h14-30,48H,31-34H2,1-13H3. The first-order chi connectivity index (χ1) is 27.4. The molecule has 0 radical (unpaired) electrons. The van der Waals surface area contributed by atoms with Crippen molar-refractivity contribution in [3.05, 3.63) is 153 Å². The van der Waals surface area contributed by atoms with E-state index in [1.54, 1.807) is 12.1 Å². The number of ether oxygens (including phenoxy) is 3. The zero-order valence-electron chi connectivity index (χ0n) is 37.6. The molecule has 7 heteroatoms. The van der Waals surface area contributed by atoms with Gasteiger partial charge in [-0.3, -0.25) is 0 Å². The van der Waals surface area contributed by atoms with Crippen LogP contribution in [0, 0.1) is 6.92 Å². The van der Waals surface area contributed by atoms with Crippen LogP contribution >= 0.6 is 0 Å². The quantitative estimate of drug-likeness (QED) is 0.117. The van der Waals surface area contributed by atoms with Gasteiger partial charge < -0.3 is 14.2 Å². The molecule has 1 aliphatic rings. The van der Waals surface area contributed by atoms with Gasteiger partial charge in [-0.05, 0) is 109 Å². The molecule has 0 amide bonds. The van der Waals surface area contributed by atoms with Gasteiger partial charge in [-0.25, -0.2) is 8.42 Å². The molecule has 6 nitrogen and oxygen atoms in total. The van der Waals surface area contributed by atoms with Crippen molar-refractivity contribution in [2.24, 2.45) is 0 Å². The second kappa shape index (κ2) is 16.5. The van der Waals surface area contributed by atoms with Crippen LogP contribution in [-0.4, -0.2) is 19.3 Å². The summed E-state index contributed by atoms with van der Waals surface area (Å²) in [6, 6.07) is 34.2. The number of hydrogen-bond donors (Lipinski definition) is 0. The van der Waals surface area contributed by atoms with Crippen molar-refractivity contribution in [2.75, 3.05) is 6.54 Å². The fourth-order valence-corrected chi connectivity index (χ4v) is 8.53. The largest absolute Gasteiger partial charge is 0.489 e. The van der Waals surface area contributed by atoms with E-state index in [1.807, 2.05) is 61.5 Å². The van der Waals surface area contributed by atoms with Gasteiger partial charge in [0.05, 0.1) is 10.9 Å². The molecule has 0 aliphatic carbocycles. The van der Waals surface area contributed by atoms with Crippen LogP contribution in [0.15, 0.2) is 108 Å². The summed E-state index contributed by atoms with van der Waals surface area (Å²) in [7, 11) is -3.58. The summed E-state index contributed by atoms with van der Waals surface area (Å²) < 4.78 is 47.8. The van der Waals surface area contributed by atoms with Crippen molar-refractivity contribution in [3.8, 4) is 17.2 Å². The SMILES string of the molecule is Cc1ccc(S(=O)(=O)N2CC2c2cccc(OCc3cc(OCc4cc(C(C)(C)C)cc(C(C)(C)C)c4)cc(OCc4cc(C(C)(C)C)cc(C(C)(C)C)c4)c3)c2)cc1. The molecule has 0 spiro atoms. The van der Waals surface area contributed by atoms with E-state index in [0.29, 0.717) is 41.9 Å². The van der Waals surface area contributed by atoms with E-state index in [0.717, 1.165) is 27.8 Å². The average molecular weight is 816 g/mol. The van der Waals surface area contributed by atoms with E-state index in [-0.39, 0.29) is 34.3 Å². The zero-order chi connectivity index (χ0) is 43.1. The summed E-state index contributed by atoms with van der Waals surface area (Å²) in [5.74, 6) is 2.06. The summed E-state index contributed by atoms with van der Waals surface area (Å²) in [4.78, 5) is 0.311. The van der Waals surface area contributed by atoms with Crippen LogP contribution in [-0.2, 0) is 51.5 Å². The average Bonchev–Trinajstić information content (AvgIpc) is 3.97. The van der Waals surface area contributed by atoms with Crippen LogP contribution in [0.5, 0.6) is 17.2 Å². The number of aryl methyl sites for hydroxylation is 1. The van der Waals surface area contributed by atoms with E-state index >= 15 is 0 Å². The van der Waals surface area contributed by atoms with Gasteiger partial charge in [0, 0.05) is 12.6 Å². The molecule has 6 rings (SSSR count). The maximum Gasteiger partial charge on any atom is 0.243 e. The number of benzene rings is 5. The van der Waals surface area contributed by atoms with Gasteiger partial charge in [-0.15, -0.1) is 0 Å². The Bertz CT molecular complexity index is 2220. The summed E-state index contributed by atoms with van der Waals surface area (Å²) in [5.41, 5.74) is 10.2. The Morgan fingerprint density at radius 2 is 0.915 bits per heavy atom. The molecule has 2 unspecified atom stereocenters. The molecule has 1 fully saturated rings. The third-order valence-electron chi connectivity index (χ3n) is 11.0. The van der Waals surface area contributed by atoms with E-state index in [9.17, 15) is 8.42 Å². The molecule has 5 aromatic carbocycles. The molecule has 59 heavy (non-hydrogen) atoms. The maximum absolute atomic E-state index is 13.3. The molecule has 0 N–H and O–H groups in total. The molecule has 0 aromatic heterocycles. The van der Waals surface area contributed by atoms with Crippen LogP contribution in [0.4, 0.5) is 0 Å². The van der Waals surface area contributed by atoms with Crippen LogP contribution in [0.3, 0.4) is 0 Å². The number of nitrogens with zero attached hydrogens (tertiary/aromatic N) is 1. The van der Waals surface area contributed by atoms with Crippen molar-refractivity contribution in [3.63, 3.8) is 0 Å². The molecule has 314 valence electrons. The number of sulfonamides is 1. The highest BCUT2D eigenvalue weighted by Crippen LogP contribution is 2.41. The Balaban J connectivity index is 1.25. The van der Waals surface area contributed by atoms with Gasteiger partial charge in [0.25, 0.3) is 0 Å². The molecule has 2 atom stereocenters. The third kappa shape index (κ3) is 11.2. The Labute approximate surface area is 355 Å². The van der Waals surface area contributed by atoms with Gasteiger partial charge in [0.2, 0.25) is 10.0 Å². The van der Waals surface area contributed by atoms with Gasteiger partial charge in [-0.2, -0.15) is 4.31 Å². The van der Waals surface area contributed by atoms with Crippen molar-refractivity contribution < 1.29 is 22.6 Å². The first-order valence-electron chi connectivity index (χ1n) is 20.9. The lowest BCUT2D eigenvalue weighted by Gasteiger charge is -2.26. The minimum absolute atomic E-state index is 0.00410. The van der Waals surface area contributed by atoms with Crippen LogP contribution < -0.4 is 14.2 Å². The monoisotopic (exact) mass is 815 g/mol. The highest BCUT2D eigenvalue weighted by atomic mass is 32.2. The van der Waals surface area contributed by atoms with Crippen LogP contribution in [0.1, 0.15) is 139 Å². The predicted octanol–water partition coefficient (Wildman–Crippen LogP) is 12.7. The Morgan fingerprint density at radius 3 is 1.34 bits per heavy atom.